The topological polar surface area (TPSA) is 104 Å². The Morgan fingerprint density at radius 3 is 3.00 bits per heavy atom. The summed E-state index contributed by atoms with van der Waals surface area (Å²) >= 11 is 0. The van der Waals surface area contributed by atoms with E-state index in [-0.39, 0.29) is 5.75 Å². The van der Waals surface area contributed by atoms with Crippen LogP contribution in [-0.4, -0.2) is 31.6 Å². The van der Waals surface area contributed by atoms with Crippen molar-refractivity contribution in [2.75, 3.05) is 6.61 Å². The molecule has 0 radical (unpaired) electrons. The van der Waals surface area contributed by atoms with Crippen LogP contribution in [0.1, 0.15) is 6.92 Å². The van der Waals surface area contributed by atoms with Gasteiger partial charge in [0.25, 0.3) is 0 Å². The fourth-order valence-corrected chi connectivity index (χ4v) is 1.94. The molecule has 0 amide bonds. The monoisotopic (exact) mass is 272 g/mol. The second-order valence-electron chi connectivity index (χ2n) is 4.15. The highest BCUT2D eigenvalue weighted by molar-refractivity contribution is 5.77. The lowest BCUT2D eigenvalue weighted by molar-refractivity contribution is 0.339. The molecule has 0 saturated heterocycles. The van der Waals surface area contributed by atoms with Gasteiger partial charge in [0.15, 0.2) is 5.65 Å². The first kappa shape index (κ1) is 12.2. The minimum absolute atomic E-state index is 0.114. The molecule has 2 aromatic heterocycles. The Kier molecular flexibility index (Phi) is 2.86. The van der Waals surface area contributed by atoms with E-state index in [1.54, 1.807) is 12.1 Å². The molecule has 102 valence electrons. The van der Waals surface area contributed by atoms with E-state index in [9.17, 15) is 9.90 Å². The predicted octanol–water partition coefficient (Wildman–Crippen LogP) is 1.42. The summed E-state index contributed by atoms with van der Waals surface area (Å²) in [6.45, 7) is 2.32. The summed E-state index contributed by atoms with van der Waals surface area (Å²) in [5.41, 5.74) is 1.29. The van der Waals surface area contributed by atoms with Gasteiger partial charge in [-0.3, -0.25) is 4.98 Å². The Balaban J connectivity index is 2.17. The maximum Gasteiger partial charge on any atom is 0.346 e. The highest BCUT2D eigenvalue weighted by atomic mass is 16.5. The van der Waals surface area contributed by atoms with Crippen LogP contribution in [0.5, 0.6) is 11.5 Å². The molecule has 1 aromatic carbocycles. The first-order chi connectivity index (χ1) is 9.67. The maximum absolute atomic E-state index is 11.2. The van der Waals surface area contributed by atoms with Gasteiger partial charge in [0.2, 0.25) is 0 Å². The van der Waals surface area contributed by atoms with Crippen molar-refractivity contribution in [2.24, 2.45) is 0 Å². The van der Waals surface area contributed by atoms with Crippen LogP contribution in [0.3, 0.4) is 0 Å². The average Bonchev–Trinajstić information content (AvgIpc) is 2.82. The standard InChI is InChI=1S/C13H12N4O3/c1-2-20-10-5-7(18)3-4-8(10)11-15-9-6-14-13(19)17-12(9)16-11/h3-6,18H,2H2,1H3,(H2,14,15,16,17,19). The summed E-state index contributed by atoms with van der Waals surface area (Å²) in [5, 5.41) is 9.52. The van der Waals surface area contributed by atoms with E-state index in [0.717, 1.165) is 0 Å². The minimum atomic E-state index is -0.453. The molecule has 0 unspecified atom stereocenters. The molecule has 3 aromatic rings. The SMILES string of the molecule is CCOc1cc(O)ccc1-c1nc2[nH]c(=O)ncc2[nH]1. The van der Waals surface area contributed by atoms with Gasteiger partial charge in [-0.15, -0.1) is 0 Å². The third kappa shape index (κ3) is 2.09. The highest BCUT2D eigenvalue weighted by Gasteiger charge is 2.12. The number of nitrogens with zero attached hydrogens (tertiary/aromatic N) is 2. The molecule has 3 N–H and O–H groups in total. The third-order valence-corrected chi connectivity index (χ3v) is 2.79. The summed E-state index contributed by atoms with van der Waals surface area (Å²) in [5.74, 6) is 1.16. The third-order valence-electron chi connectivity index (χ3n) is 2.79. The molecule has 0 aliphatic carbocycles. The van der Waals surface area contributed by atoms with Gasteiger partial charge < -0.3 is 14.8 Å². The summed E-state index contributed by atoms with van der Waals surface area (Å²) < 4.78 is 5.48. The molecule has 20 heavy (non-hydrogen) atoms. The van der Waals surface area contributed by atoms with Gasteiger partial charge in [-0.1, -0.05) is 0 Å². The zero-order valence-electron chi connectivity index (χ0n) is 10.7. The molecule has 7 heteroatoms. The van der Waals surface area contributed by atoms with Crippen molar-refractivity contribution in [3.05, 3.63) is 34.9 Å². The number of imidazole rings is 1. The van der Waals surface area contributed by atoms with Crippen molar-refractivity contribution in [3.63, 3.8) is 0 Å². The zero-order valence-corrected chi connectivity index (χ0v) is 10.7. The van der Waals surface area contributed by atoms with Crippen LogP contribution in [-0.2, 0) is 0 Å². The average molecular weight is 272 g/mol. The van der Waals surface area contributed by atoms with Crippen LogP contribution in [0, 0.1) is 0 Å². The van der Waals surface area contributed by atoms with E-state index in [4.69, 9.17) is 4.74 Å². The Hall–Kier alpha value is -2.83. The number of hydrogen-bond acceptors (Lipinski definition) is 5. The van der Waals surface area contributed by atoms with Crippen LogP contribution in [0.4, 0.5) is 0 Å². The number of aromatic nitrogens is 4. The van der Waals surface area contributed by atoms with Gasteiger partial charge in [0, 0.05) is 6.07 Å². The van der Waals surface area contributed by atoms with Gasteiger partial charge in [-0.25, -0.2) is 9.78 Å². The van der Waals surface area contributed by atoms with E-state index in [2.05, 4.69) is 19.9 Å². The van der Waals surface area contributed by atoms with Gasteiger partial charge in [-0.2, -0.15) is 4.98 Å². The van der Waals surface area contributed by atoms with Gasteiger partial charge in [0.1, 0.15) is 22.8 Å². The van der Waals surface area contributed by atoms with Gasteiger partial charge >= 0.3 is 5.69 Å². The normalized spacial score (nSPS) is 10.8. The number of phenols is 1. The van der Waals surface area contributed by atoms with Crippen LogP contribution < -0.4 is 10.4 Å². The van der Waals surface area contributed by atoms with Gasteiger partial charge in [-0.05, 0) is 19.1 Å². The zero-order chi connectivity index (χ0) is 14.1. The molecule has 0 aliphatic heterocycles. The number of nitrogens with one attached hydrogen (secondary N) is 2. The van der Waals surface area contributed by atoms with E-state index >= 15 is 0 Å². The first-order valence-corrected chi connectivity index (χ1v) is 6.08. The molecule has 2 heterocycles. The number of fused-ring (bicyclic) bond motifs is 1. The molecule has 7 nitrogen and oxygen atoms in total. The van der Waals surface area contributed by atoms with E-state index in [1.807, 2.05) is 6.92 Å². The van der Waals surface area contributed by atoms with Crippen LogP contribution in [0.2, 0.25) is 0 Å². The second kappa shape index (κ2) is 4.69. The number of H-pyrrole nitrogens is 2. The van der Waals surface area contributed by atoms with Crippen molar-refractivity contribution >= 4 is 11.2 Å². The molecule has 0 atom stereocenters. The Bertz CT molecular complexity index is 822. The number of phenolic OH excluding ortho intramolecular Hbond substituents is 1. The van der Waals surface area contributed by atoms with Crippen molar-refractivity contribution in [3.8, 4) is 22.9 Å². The van der Waals surface area contributed by atoms with Crippen LogP contribution in [0.15, 0.2) is 29.2 Å². The molecular weight excluding hydrogens is 260 g/mol. The van der Waals surface area contributed by atoms with Crippen LogP contribution >= 0.6 is 0 Å². The van der Waals surface area contributed by atoms with Gasteiger partial charge in [0.05, 0.1) is 18.4 Å². The minimum Gasteiger partial charge on any atom is -0.508 e. The van der Waals surface area contributed by atoms with Crippen molar-refractivity contribution in [1.29, 1.82) is 0 Å². The second-order valence-corrected chi connectivity index (χ2v) is 4.15. The lowest BCUT2D eigenvalue weighted by Crippen LogP contribution is -2.08. The molecule has 0 saturated carbocycles. The Morgan fingerprint density at radius 2 is 2.20 bits per heavy atom. The first-order valence-electron chi connectivity index (χ1n) is 6.08. The number of aromatic amines is 2. The van der Waals surface area contributed by atoms with E-state index < -0.39 is 5.69 Å². The molecular formula is C13H12N4O3. The molecule has 3 rings (SSSR count). The molecule has 0 spiro atoms. The van der Waals surface area contributed by atoms with E-state index in [0.29, 0.717) is 34.9 Å². The number of hydrogen-bond donors (Lipinski definition) is 3. The van der Waals surface area contributed by atoms with Crippen molar-refractivity contribution < 1.29 is 9.84 Å². The van der Waals surface area contributed by atoms with Crippen LogP contribution in [0.25, 0.3) is 22.6 Å². The summed E-state index contributed by atoms with van der Waals surface area (Å²) in [6, 6.07) is 4.77. The molecule has 0 aliphatic rings. The molecule has 0 fully saturated rings. The fourth-order valence-electron chi connectivity index (χ4n) is 1.94. The number of benzene rings is 1. The largest absolute Gasteiger partial charge is 0.508 e. The summed E-state index contributed by atoms with van der Waals surface area (Å²) in [7, 11) is 0. The lowest BCUT2D eigenvalue weighted by atomic mass is 10.2. The smallest absolute Gasteiger partial charge is 0.346 e. The summed E-state index contributed by atoms with van der Waals surface area (Å²) in [6.07, 6.45) is 1.42. The fraction of sp³-hybridized carbons (Fsp3) is 0.154. The predicted molar refractivity (Wildman–Crippen MR) is 72.8 cm³/mol. The summed E-state index contributed by atoms with van der Waals surface area (Å²) in [4.78, 5) is 24.7. The maximum atomic E-state index is 11.2. The molecule has 0 bridgehead atoms. The Morgan fingerprint density at radius 1 is 1.35 bits per heavy atom. The highest BCUT2D eigenvalue weighted by Crippen LogP contribution is 2.32. The number of aromatic hydroxyl groups is 1. The lowest BCUT2D eigenvalue weighted by Gasteiger charge is -2.08. The quantitative estimate of drug-likeness (QED) is 0.669. The number of ether oxygens (including phenoxy) is 1. The van der Waals surface area contributed by atoms with Crippen molar-refractivity contribution in [1.82, 2.24) is 19.9 Å². The van der Waals surface area contributed by atoms with Crippen molar-refractivity contribution in [2.45, 2.75) is 6.92 Å². The van der Waals surface area contributed by atoms with E-state index in [1.165, 1.54) is 12.3 Å². The number of rotatable bonds is 3. The Labute approximate surface area is 113 Å².